The van der Waals surface area contributed by atoms with Crippen molar-refractivity contribution in [2.75, 3.05) is 18.9 Å². The first-order chi connectivity index (χ1) is 21.2. The van der Waals surface area contributed by atoms with Crippen LogP contribution in [-0.4, -0.2) is 61.6 Å². The van der Waals surface area contributed by atoms with Gasteiger partial charge in [-0.3, -0.25) is 13.6 Å². The average Bonchev–Trinajstić information content (AvgIpc) is 3.51. The van der Waals surface area contributed by atoms with Crippen LogP contribution in [0.4, 0.5) is 5.95 Å². The fourth-order valence-corrected chi connectivity index (χ4v) is 7.24. The summed E-state index contributed by atoms with van der Waals surface area (Å²) in [7, 11) is -3.90. The highest BCUT2D eigenvalue weighted by atomic mass is 31.2. The molecule has 15 nitrogen and oxygen atoms in total. The van der Waals surface area contributed by atoms with Crippen molar-refractivity contribution >= 4 is 24.9 Å². The van der Waals surface area contributed by atoms with Crippen molar-refractivity contribution in [2.24, 2.45) is 5.11 Å². The summed E-state index contributed by atoms with van der Waals surface area (Å²) in [5, 5.41) is 18.5. The van der Waals surface area contributed by atoms with E-state index in [1.807, 2.05) is 30.3 Å². The van der Waals surface area contributed by atoms with Gasteiger partial charge in [0.1, 0.15) is 11.6 Å². The second-order valence-corrected chi connectivity index (χ2v) is 13.0. The summed E-state index contributed by atoms with van der Waals surface area (Å²) in [4.78, 5) is 15.8. The Morgan fingerprint density at radius 3 is 2.75 bits per heavy atom. The normalized spacial score (nSPS) is 25.7. The maximum absolute atomic E-state index is 14.3. The summed E-state index contributed by atoms with van der Waals surface area (Å²) in [6.07, 6.45) is 2.68. The van der Waals surface area contributed by atoms with Crippen molar-refractivity contribution in [1.29, 1.82) is 0 Å². The van der Waals surface area contributed by atoms with E-state index in [9.17, 15) is 15.2 Å². The third kappa shape index (κ3) is 6.69. The van der Waals surface area contributed by atoms with Gasteiger partial charge in [0.15, 0.2) is 17.4 Å². The molecule has 1 aliphatic carbocycles. The van der Waals surface area contributed by atoms with Gasteiger partial charge < -0.3 is 20.3 Å². The second kappa shape index (κ2) is 13.8. The molecule has 1 saturated carbocycles. The first-order valence-electron chi connectivity index (χ1n) is 15.0. The predicted molar refractivity (Wildman–Crippen MR) is 162 cm³/mol. The molecule has 6 atom stereocenters. The molecule has 2 fully saturated rings. The highest BCUT2D eigenvalue weighted by molar-refractivity contribution is 7.51. The lowest BCUT2D eigenvalue weighted by Gasteiger charge is -2.33. The minimum atomic E-state index is -3.90. The van der Waals surface area contributed by atoms with Crippen LogP contribution >= 0.6 is 7.75 Å². The molecule has 3 aromatic rings. The zero-order valence-corrected chi connectivity index (χ0v) is 26.0. The number of hydrogen-bond donors (Lipinski definition) is 3. The Balaban J connectivity index is 1.41. The van der Waals surface area contributed by atoms with E-state index < -0.39 is 37.8 Å². The van der Waals surface area contributed by atoms with Crippen LogP contribution in [-0.2, 0) is 18.3 Å². The Morgan fingerprint density at radius 2 is 2.09 bits per heavy atom. The molecule has 1 aliphatic heterocycles. The van der Waals surface area contributed by atoms with Gasteiger partial charge in [-0.2, -0.15) is 9.97 Å². The molecule has 238 valence electrons. The monoisotopic (exact) mass is 629 g/mol. The fraction of sp³-hybridized carbons (Fsp3) is 0.607. The number of aliphatic hydroxyl groups is 1. The average molecular weight is 630 g/mol. The summed E-state index contributed by atoms with van der Waals surface area (Å²) < 4.78 is 40.0. The first-order valence-corrected chi connectivity index (χ1v) is 16.5. The first kappa shape index (κ1) is 32.1. The molecule has 0 spiro atoms. The molecule has 1 aromatic carbocycles. The lowest BCUT2D eigenvalue weighted by molar-refractivity contribution is -0.0449. The molecule has 3 heterocycles. The maximum Gasteiger partial charge on any atom is 0.406 e. The number of nitrogens with one attached hydrogen (secondary N) is 1. The van der Waals surface area contributed by atoms with E-state index in [4.69, 9.17) is 24.3 Å². The standard InChI is InChI=1S/C28H40N9O6P/c1-4-6-15-20(18-11-8-7-9-12-18)43-44(39,34-19-13-10-14-19)41-16-21-23(38)28(3,35-36-30)26(42-21)37-17-31-22-24(37)32-27(29)33-25(22)40-5-2/h7-9,11-12,17,19-21,23,26,38H,4-6,10,13-16H2,1-3H3,(H,34,39)(H2,29,32,33)/t20?,21-,23-,26-,28-,44?/m1/s1. The Bertz CT molecular complexity index is 1520. The number of rotatable bonds is 15. The van der Waals surface area contributed by atoms with E-state index >= 15 is 0 Å². The number of aliphatic hydroxyl groups excluding tert-OH is 1. The minimum absolute atomic E-state index is 0.0129. The maximum atomic E-state index is 14.3. The number of nitrogen functional groups attached to an aromatic ring is 1. The number of nitrogens with two attached hydrogens (primary N) is 1. The van der Waals surface area contributed by atoms with Gasteiger partial charge in [0.2, 0.25) is 11.8 Å². The van der Waals surface area contributed by atoms with Crippen LogP contribution in [0.25, 0.3) is 21.6 Å². The number of aromatic nitrogens is 4. The largest absolute Gasteiger partial charge is 0.476 e. The molecule has 2 aromatic heterocycles. The minimum Gasteiger partial charge on any atom is -0.476 e. The number of fused-ring (bicyclic) bond motifs is 1. The summed E-state index contributed by atoms with van der Waals surface area (Å²) in [5.74, 6) is 0.136. The van der Waals surface area contributed by atoms with E-state index in [2.05, 4.69) is 37.0 Å². The van der Waals surface area contributed by atoms with Crippen molar-refractivity contribution < 1.29 is 28.2 Å². The molecular formula is C28H40N9O6P. The molecule has 4 N–H and O–H groups in total. The van der Waals surface area contributed by atoms with Crippen LogP contribution in [0.5, 0.6) is 5.88 Å². The van der Waals surface area contributed by atoms with Crippen LogP contribution < -0.4 is 15.6 Å². The summed E-state index contributed by atoms with van der Waals surface area (Å²) in [6, 6.07) is 9.62. The molecule has 16 heteroatoms. The number of nitrogens with zero attached hydrogens (tertiary/aromatic N) is 7. The molecule has 2 aliphatic rings. The van der Waals surface area contributed by atoms with E-state index in [0.717, 1.165) is 37.7 Å². The highest BCUT2D eigenvalue weighted by Gasteiger charge is 2.55. The van der Waals surface area contributed by atoms with Crippen LogP contribution in [0, 0.1) is 0 Å². The Hall–Kier alpha value is -3.29. The molecule has 0 bridgehead atoms. The zero-order chi connectivity index (χ0) is 31.3. The molecular weight excluding hydrogens is 589 g/mol. The van der Waals surface area contributed by atoms with E-state index in [0.29, 0.717) is 18.5 Å². The number of unbranched alkanes of at least 4 members (excludes halogenated alkanes) is 1. The zero-order valence-electron chi connectivity index (χ0n) is 25.2. The van der Waals surface area contributed by atoms with Crippen LogP contribution in [0.15, 0.2) is 41.8 Å². The number of anilines is 1. The lowest BCUT2D eigenvalue weighted by Crippen LogP contribution is -2.43. The summed E-state index contributed by atoms with van der Waals surface area (Å²) in [6.45, 7) is 5.46. The van der Waals surface area contributed by atoms with Crippen LogP contribution in [0.2, 0.25) is 0 Å². The molecule has 0 radical (unpaired) electrons. The van der Waals surface area contributed by atoms with Crippen LogP contribution in [0.3, 0.4) is 0 Å². The highest BCUT2D eigenvalue weighted by Crippen LogP contribution is 2.52. The Morgan fingerprint density at radius 1 is 1.32 bits per heavy atom. The predicted octanol–water partition coefficient (Wildman–Crippen LogP) is 5.35. The third-order valence-electron chi connectivity index (χ3n) is 8.07. The van der Waals surface area contributed by atoms with Gasteiger partial charge in [0, 0.05) is 11.0 Å². The SMILES string of the molecule is CCCCC(OP(=O)(NC1CCC1)OC[C@H]1O[C@@H](n2cnc3c(OCC)nc(N)nc32)[C@](C)(N=[N+]=[N-])[C@@H]1O)c1ccccc1. The quantitative estimate of drug-likeness (QED) is 0.0845. The molecule has 5 rings (SSSR count). The van der Waals surface area contributed by atoms with Crippen LogP contribution in [0.1, 0.15) is 77.2 Å². The summed E-state index contributed by atoms with van der Waals surface area (Å²) in [5.41, 5.74) is 15.3. The lowest BCUT2D eigenvalue weighted by atomic mass is 9.93. The van der Waals surface area contributed by atoms with E-state index in [-0.39, 0.29) is 30.1 Å². The fourth-order valence-electron chi connectivity index (χ4n) is 5.43. The van der Waals surface area contributed by atoms with Gasteiger partial charge in [-0.05, 0) is 44.2 Å². The third-order valence-corrected chi connectivity index (χ3v) is 9.77. The molecule has 0 amide bonds. The van der Waals surface area contributed by atoms with Crippen molar-refractivity contribution in [2.45, 2.75) is 95.4 Å². The van der Waals surface area contributed by atoms with Crippen molar-refractivity contribution in [1.82, 2.24) is 24.6 Å². The van der Waals surface area contributed by atoms with Gasteiger partial charge >= 0.3 is 7.75 Å². The smallest absolute Gasteiger partial charge is 0.406 e. The van der Waals surface area contributed by atoms with Crippen molar-refractivity contribution in [3.8, 4) is 5.88 Å². The van der Waals surface area contributed by atoms with Gasteiger partial charge in [0.05, 0.1) is 31.7 Å². The van der Waals surface area contributed by atoms with Crippen molar-refractivity contribution in [3.05, 3.63) is 52.7 Å². The number of azide groups is 1. The Kier molecular flexibility index (Phi) is 10.1. The van der Waals surface area contributed by atoms with Gasteiger partial charge in [-0.1, -0.05) is 61.6 Å². The molecule has 1 saturated heterocycles. The Labute approximate surface area is 255 Å². The number of imidazole rings is 1. The summed E-state index contributed by atoms with van der Waals surface area (Å²) >= 11 is 0. The van der Waals surface area contributed by atoms with E-state index in [1.54, 1.807) is 13.8 Å². The second-order valence-electron chi connectivity index (χ2n) is 11.2. The van der Waals surface area contributed by atoms with Gasteiger partial charge in [-0.15, -0.1) is 0 Å². The van der Waals surface area contributed by atoms with Gasteiger partial charge in [-0.25, -0.2) is 14.6 Å². The number of hydrogen-bond acceptors (Lipinski definition) is 11. The van der Waals surface area contributed by atoms with Crippen molar-refractivity contribution in [3.63, 3.8) is 0 Å². The molecule has 2 unspecified atom stereocenters. The molecule has 44 heavy (non-hydrogen) atoms. The van der Waals surface area contributed by atoms with E-state index in [1.165, 1.54) is 10.9 Å². The van der Waals surface area contributed by atoms with Gasteiger partial charge in [0.25, 0.3) is 0 Å². The number of ether oxygens (including phenoxy) is 2. The topological polar surface area (TPSA) is 205 Å². The number of benzene rings is 1.